The molecule has 4 aliphatic rings. The topological polar surface area (TPSA) is 34.1 Å². The minimum Gasteiger partial charge on any atom is -0.299 e. The first-order valence-electron chi connectivity index (χ1n) is 8.74. The number of Topliss-reactive ketones (excluding diaryl/α,β-unsaturated/α-hetero) is 2. The van der Waals surface area contributed by atoms with Crippen LogP contribution in [0.5, 0.6) is 0 Å². The van der Waals surface area contributed by atoms with Crippen LogP contribution in [-0.4, -0.2) is 11.6 Å². The van der Waals surface area contributed by atoms with Crippen molar-refractivity contribution in [3.8, 4) is 0 Å². The molecule has 5 atom stereocenters. The molecule has 0 bridgehead atoms. The molecule has 0 aromatic carbocycles. The summed E-state index contributed by atoms with van der Waals surface area (Å²) in [5, 5.41) is 0. The third-order valence-corrected chi connectivity index (χ3v) is 7.57. The van der Waals surface area contributed by atoms with Crippen LogP contribution < -0.4 is 0 Å². The van der Waals surface area contributed by atoms with Crippen molar-refractivity contribution < 1.29 is 9.59 Å². The first-order valence-corrected chi connectivity index (χ1v) is 8.74. The van der Waals surface area contributed by atoms with E-state index in [2.05, 4.69) is 19.9 Å². The molecule has 3 saturated carbocycles. The summed E-state index contributed by atoms with van der Waals surface area (Å²) in [6.45, 7) is 4.56. The average Bonchev–Trinajstić information content (AvgIpc) is 2.75. The maximum absolute atomic E-state index is 12.3. The van der Waals surface area contributed by atoms with Gasteiger partial charge < -0.3 is 0 Å². The van der Waals surface area contributed by atoms with Gasteiger partial charge in [0.05, 0.1) is 0 Å². The van der Waals surface area contributed by atoms with Gasteiger partial charge in [-0.2, -0.15) is 0 Å². The molecular formula is C19H26O2. The zero-order chi connectivity index (χ0) is 14.8. The van der Waals surface area contributed by atoms with E-state index < -0.39 is 0 Å². The first-order chi connectivity index (χ1) is 9.97. The maximum Gasteiger partial charge on any atom is 0.159 e. The Morgan fingerprint density at radius 3 is 2.57 bits per heavy atom. The number of fused-ring (bicyclic) bond motifs is 5. The van der Waals surface area contributed by atoms with Crippen LogP contribution in [0.1, 0.15) is 65.2 Å². The molecule has 21 heavy (non-hydrogen) atoms. The van der Waals surface area contributed by atoms with E-state index in [-0.39, 0.29) is 10.8 Å². The molecule has 0 heterocycles. The average molecular weight is 286 g/mol. The molecule has 0 aliphatic heterocycles. The number of allylic oxidation sites excluding steroid dienone is 2. The number of carbonyl (C=O) groups is 2. The Labute approximate surface area is 127 Å². The second-order valence-electron chi connectivity index (χ2n) is 8.34. The fraction of sp³-hybridized carbons (Fsp3) is 0.789. The van der Waals surface area contributed by atoms with Gasteiger partial charge in [0.15, 0.2) is 5.78 Å². The number of rotatable bonds is 0. The molecular weight excluding hydrogens is 260 g/mol. The van der Waals surface area contributed by atoms with E-state index in [1.54, 1.807) is 0 Å². The van der Waals surface area contributed by atoms with Crippen LogP contribution in [0.2, 0.25) is 0 Å². The normalized spacial score (nSPS) is 49.2. The van der Waals surface area contributed by atoms with E-state index in [1.165, 1.54) is 6.42 Å². The Hall–Kier alpha value is -0.920. The maximum atomic E-state index is 12.3. The van der Waals surface area contributed by atoms with Crippen LogP contribution in [0.25, 0.3) is 0 Å². The number of hydrogen-bond acceptors (Lipinski definition) is 2. The van der Waals surface area contributed by atoms with Gasteiger partial charge in [-0.3, -0.25) is 9.59 Å². The summed E-state index contributed by atoms with van der Waals surface area (Å²) in [6, 6.07) is 0. The lowest BCUT2D eigenvalue weighted by Crippen LogP contribution is -2.50. The Balaban J connectivity index is 1.74. The largest absolute Gasteiger partial charge is 0.299 e. The minimum absolute atomic E-state index is 0.0540. The third-order valence-electron chi connectivity index (χ3n) is 7.57. The highest BCUT2D eigenvalue weighted by atomic mass is 16.1. The van der Waals surface area contributed by atoms with Gasteiger partial charge in [0, 0.05) is 18.3 Å². The van der Waals surface area contributed by atoms with E-state index in [0.717, 1.165) is 50.5 Å². The molecule has 0 spiro atoms. The Kier molecular flexibility index (Phi) is 2.81. The van der Waals surface area contributed by atoms with E-state index in [9.17, 15) is 9.59 Å². The van der Waals surface area contributed by atoms with E-state index in [4.69, 9.17) is 0 Å². The highest BCUT2D eigenvalue weighted by Crippen LogP contribution is 2.63. The second-order valence-corrected chi connectivity index (χ2v) is 8.34. The predicted octanol–water partition coefficient (Wildman–Crippen LogP) is 4.09. The standard InChI is InChI=1S/C19H26O2/c1-18-10-3-4-16(20)15(18)6-5-12-13-7-8-17(21)19(13,2)11-9-14(12)18/h6,12-14H,3-5,7-11H2,1-2H3/t12-,13-,14-,18+,19-/m0/s1. The minimum atomic E-state index is -0.0540. The summed E-state index contributed by atoms with van der Waals surface area (Å²) in [6.07, 6.45) is 10.3. The molecule has 0 N–H and O–H groups in total. The molecule has 4 aliphatic carbocycles. The Bertz CT molecular complexity index is 546. The van der Waals surface area contributed by atoms with Crippen molar-refractivity contribution in [2.75, 3.05) is 0 Å². The van der Waals surface area contributed by atoms with Crippen molar-refractivity contribution in [1.82, 2.24) is 0 Å². The van der Waals surface area contributed by atoms with Crippen LogP contribution in [0.3, 0.4) is 0 Å². The van der Waals surface area contributed by atoms with Gasteiger partial charge >= 0.3 is 0 Å². The van der Waals surface area contributed by atoms with Gasteiger partial charge in [0.25, 0.3) is 0 Å². The molecule has 4 rings (SSSR count). The van der Waals surface area contributed by atoms with Gasteiger partial charge in [-0.25, -0.2) is 0 Å². The Morgan fingerprint density at radius 2 is 1.76 bits per heavy atom. The lowest BCUT2D eigenvalue weighted by Gasteiger charge is -2.55. The smallest absolute Gasteiger partial charge is 0.159 e. The van der Waals surface area contributed by atoms with Gasteiger partial charge in [-0.15, -0.1) is 0 Å². The zero-order valence-electron chi connectivity index (χ0n) is 13.3. The van der Waals surface area contributed by atoms with Crippen LogP contribution in [0.4, 0.5) is 0 Å². The fourth-order valence-electron chi connectivity index (χ4n) is 6.37. The summed E-state index contributed by atoms with van der Waals surface area (Å²) in [7, 11) is 0. The van der Waals surface area contributed by atoms with Crippen LogP contribution >= 0.6 is 0 Å². The van der Waals surface area contributed by atoms with Crippen molar-refractivity contribution in [3.05, 3.63) is 11.6 Å². The monoisotopic (exact) mass is 286 g/mol. The summed E-state index contributed by atoms with van der Waals surface area (Å²) in [5.74, 6) is 2.74. The first kappa shape index (κ1) is 13.7. The van der Waals surface area contributed by atoms with Crippen molar-refractivity contribution in [2.45, 2.75) is 65.2 Å². The van der Waals surface area contributed by atoms with Crippen LogP contribution in [0.15, 0.2) is 11.6 Å². The fourth-order valence-corrected chi connectivity index (χ4v) is 6.37. The van der Waals surface area contributed by atoms with Crippen molar-refractivity contribution >= 4 is 11.6 Å². The lowest BCUT2D eigenvalue weighted by atomic mass is 9.48. The molecule has 2 heteroatoms. The van der Waals surface area contributed by atoms with Gasteiger partial charge in [-0.05, 0) is 67.3 Å². The summed E-state index contributed by atoms with van der Waals surface area (Å²) >= 11 is 0. The van der Waals surface area contributed by atoms with Crippen LogP contribution in [0, 0.1) is 28.6 Å². The van der Waals surface area contributed by atoms with E-state index in [1.807, 2.05) is 0 Å². The molecule has 114 valence electrons. The summed E-state index contributed by atoms with van der Waals surface area (Å²) in [4.78, 5) is 24.7. The Morgan fingerprint density at radius 1 is 1.00 bits per heavy atom. The molecule has 0 aromatic heterocycles. The highest BCUT2D eigenvalue weighted by molar-refractivity contribution is 5.97. The van der Waals surface area contributed by atoms with E-state index in [0.29, 0.717) is 29.3 Å². The van der Waals surface area contributed by atoms with Crippen molar-refractivity contribution in [1.29, 1.82) is 0 Å². The molecule has 0 amide bonds. The quantitative estimate of drug-likeness (QED) is 0.672. The lowest BCUT2D eigenvalue weighted by molar-refractivity contribution is -0.133. The molecule has 0 aromatic rings. The van der Waals surface area contributed by atoms with Gasteiger partial charge in [0.1, 0.15) is 5.78 Å². The van der Waals surface area contributed by atoms with Crippen molar-refractivity contribution in [3.63, 3.8) is 0 Å². The summed E-state index contributed by atoms with van der Waals surface area (Å²) < 4.78 is 0. The number of ketones is 2. The second kappa shape index (κ2) is 4.30. The molecule has 2 nitrogen and oxygen atoms in total. The van der Waals surface area contributed by atoms with Gasteiger partial charge in [0.2, 0.25) is 0 Å². The van der Waals surface area contributed by atoms with Gasteiger partial charge in [-0.1, -0.05) is 19.9 Å². The van der Waals surface area contributed by atoms with E-state index >= 15 is 0 Å². The third kappa shape index (κ3) is 1.65. The molecule has 0 unspecified atom stereocenters. The molecule has 3 fully saturated rings. The number of carbonyl (C=O) groups excluding carboxylic acids is 2. The predicted molar refractivity (Wildman–Crippen MR) is 81.7 cm³/mol. The zero-order valence-corrected chi connectivity index (χ0v) is 13.3. The molecule has 0 saturated heterocycles. The number of hydrogen-bond donors (Lipinski definition) is 0. The van der Waals surface area contributed by atoms with Crippen LogP contribution in [-0.2, 0) is 9.59 Å². The van der Waals surface area contributed by atoms with Crippen molar-refractivity contribution in [2.24, 2.45) is 28.6 Å². The SMILES string of the molecule is C[C@]12CCCC(=O)C1=CC[C@@H]1[C@@H]2CC[C@]2(C)C(=O)CC[C@@H]12. The summed E-state index contributed by atoms with van der Waals surface area (Å²) in [5.41, 5.74) is 1.19. The highest BCUT2D eigenvalue weighted by Gasteiger charge is 2.58. The molecule has 0 radical (unpaired) electrons.